The van der Waals surface area contributed by atoms with Crippen LogP contribution in [0.4, 0.5) is 5.69 Å². The summed E-state index contributed by atoms with van der Waals surface area (Å²) in [6, 6.07) is 8.67. The molecule has 1 fully saturated rings. The Hall–Kier alpha value is -2.34. The van der Waals surface area contributed by atoms with Crippen LogP contribution in [-0.2, 0) is 14.4 Å². The fourth-order valence-electron chi connectivity index (χ4n) is 2.67. The van der Waals surface area contributed by atoms with E-state index in [-0.39, 0.29) is 12.2 Å². The summed E-state index contributed by atoms with van der Waals surface area (Å²) in [6.45, 7) is 1.92. The molecule has 2 N–H and O–H groups in total. The molecule has 1 aromatic carbocycles. The van der Waals surface area contributed by atoms with Gasteiger partial charge < -0.3 is 10.4 Å². The number of hydrogen-bond donors (Lipinski definition) is 2. The van der Waals surface area contributed by atoms with Crippen molar-refractivity contribution < 1.29 is 19.5 Å². The highest BCUT2D eigenvalue weighted by Gasteiger charge is 2.43. The molecule has 1 saturated carbocycles. The first-order chi connectivity index (χ1) is 12.0. The molecule has 2 rings (SSSR count). The average molecular weight is 344 g/mol. The molecule has 6 heteroatoms. The van der Waals surface area contributed by atoms with E-state index in [1.807, 2.05) is 6.92 Å². The number of amides is 2. The second-order valence-electron chi connectivity index (χ2n) is 6.31. The number of benzene rings is 1. The van der Waals surface area contributed by atoms with E-state index in [1.165, 1.54) is 0 Å². The van der Waals surface area contributed by atoms with Gasteiger partial charge in [0.2, 0.25) is 5.60 Å². The molecule has 0 heterocycles. The van der Waals surface area contributed by atoms with Crippen LogP contribution in [-0.4, -0.2) is 34.0 Å². The van der Waals surface area contributed by atoms with Gasteiger partial charge in [-0.25, -0.2) is 4.99 Å². The van der Waals surface area contributed by atoms with Crippen molar-refractivity contribution in [3.8, 4) is 0 Å². The minimum absolute atomic E-state index is 0.0106. The standard InChI is InChI=1S/C19H24N2O4/c1-2-3-13-19(25,17(23)20-14-7-5-4-6-8-14)18(24)21-15-9-11-16(22)12-10-15/h4-8,25H,2-3,9-13H2,1H3,(H,20,23). The van der Waals surface area contributed by atoms with Gasteiger partial charge in [0, 0.05) is 24.2 Å². The molecule has 0 spiro atoms. The van der Waals surface area contributed by atoms with Gasteiger partial charge in [-0.2, -0.15) is 0 Å². The Morgan fingerprint density at radius 2 is 1.80 bits per heavy atom. The molecule has 6 nitrogen and oxygen atoms in total. The highest BCUT2D eigenvalue weighted by molar-refractivity contribution is 6.16. The van der Waals surface area contributed by atoms with E-state index in [0.29, 0.717) is 43.5 Å². The van der Waals surface area contributed by atoms with Crippen LogP contribution in [0, 0.1) is 0 Å². The second-order valence-corrected chi connectivity index (χ2v) is 6.31. The summed E-state index contributed by atoms with van der Waals surface area (Å²) >= 11 is 0. The van der Waals surface area contributed by atoms with Crippen molar-refractivity contribution in [2.24, 2.45) is 4.99 Å². The normalized spacial score (nSPS) is 16.9. The number of aliphatic hydroxyl groups is 1. The van der Waals surface area contributed by atoms with E-state index in [9.17, 15) is 19.5 Å². The largest absolute Gasteiger partial charge is 0.372 e. The Morgan fingerprint density at radius 1 is 1.16 bits per heavy atom. The number of hydrogen-bond acceptors (Lipinski definition) is 4. The van der Waals surface area contributed by atoms with Gasteiger partial charge in [-0.05, 0) is 37.8 Å². The molecule has 1 atom stereocenters. The topological polar surface area (TPSA) is 95.8 Å². The number of carbonyl (C=O) groups excluding carboxylic acids is 3. The van der Waals surface area contributed by atoms with Gasteiger partial charge in [0.05, 0.1) is 0 Å². The predicted octanol–water partition coefficient (Wildman–Crippen LogP) is 2.66. The minimum atomic E-state index is -2.19. The van der Waals surface area contributed by atoms with E-state index < -0.39 is 17.4 Å². The van der Waals surface area contributed by atoms with Crippen molar-refractivity contribution in [1.82, 2.24) is 0 Å². The molecular weight excluding hydrogens is 320 g/mol. The lowest BCUT2D eigenvalue weighted by Gasteiger charge is -2.24. The highest BCUT2D eigenvalue weighted by Crippen LogP contribution is 2.21. The lowest BCUT2D eigenvalue weighted by Crippen LogP contribution is -2.49. The lowest BCUT2D eigenvalue weighted by molar-refractivity contribution is -0.149. The number of ketones is 1. The summed E-state index contributed by atoms with van der Waals surface area (Å²) in [4.78, 5) is 40.4. The van der Waals surface area contributed by atoms with E-state index in [2.05, 4.69) is 10.3 Å². The molecule has 1 aromatic rings. The quantitative estimate of drug-likeness (QED) is 0.776. The van der Waals surface area contributed by atoms with Crippen molar-refractivity contribution in [2.75, 3.05) is 5.32 Å². The number of aliphatic imine (C=N–C) groups is 1. The highest BCUT2D eigenvalue weighted by atomic mass is 16.3. The third kappa shape index (κ3) is 5.06. The van der Waals surface area contributed by atoms with Crippen LogP contribution < -0.4 is 5.32 Å². The van der Waals surface area contributed by atoms with Crippen LogP contribution in [0.5, 0.6) is 0 Å². The van der Waals surface area contributed by atoms with Gasteiger partial charge in [0.15, 0.2) is 0 Å². The number of rotatable bonds is 6. The maximum absolute atomic E-state index is 12.6. The van der Waals surface area contributed by atoms with Gasteiger partial charge in [-0.15, -0.1) is 0 Å². The Balaban J connectivity index is 2.17. The van der Waals surface area contributed by atoms with E-state index in [1.54, 1.807) is 30.3 Å². The zero-order chi connectivity index (χ0) is 18.3. The Kier molecular flexibility index (Phi) is 6.58. The van der Waals surface area contributed by atoms with Crippen LogP contribution >= 0.6 is 0 Å². The van der Waals surface area contributed by atoms with E-state index >= 15 is 0 Å². The fourth-order valence-corrected chi connectivity index (χ4v) is 2.67. The number of nitrogens with one attached hydrogen (secondary N) is 1. The van der Waals surface area contributed by atoms with Crippen LogP contribution in [0.1, 0.15) is 51.9 Å². The monoisotopic (exact) mass is 344 g/mol. The summed E-state index contributed by atoms with van der Waals surface area (Å²) in [5.74, 6) is -1.47. The summed E-state index contributed by atoms with van der Waals surface area (Å²) in [6.07, 6.45) is 2.80. The number of para-hydroxylation sites is 1. The van der Waals surface area contributed by atoms with Gasteiger partial charge in [0.25, 0.3) is 11.8 Å². The van der Waals surface area contributed by atoms with Gasteiger partial charge in [0.1, 0.15) is 5.78 Å². The van der Waals surface area contributed by atoms with Crippen LogP contribution in [0.3, 0.4) is 0 Å². The molecular formula is C19H24N2O4. The first kappa shape index (κ1) is 19.0. The maximum Gasteiger partial charge on any atom is 0.287 e. The van der Waals surface area contributed by atoms with Gasteiger partial charge in [-0.3, -0.25) is 14.4 Å². The zero-order valence-corrected chi connectivity index (χ0v) is 14.5. The van der Waals surface area contributed by atoms with Gasteiger partial charge >= 0.3 is 0 Å². The molecule has 0 bridgehead atoms. The summed E-state index contributed by atoms with van der Waals surface area (Å²) < 4.78 is 0. The zero-order valence-electron chi connectivity index (χ0n) is 14.5. The summed E-state index contributed by atoms with van der Waals surface area (Å²) in [7, 11) is 0. The molecule has 25 heavy (non-hydrogen) atoms. The Bertz CT molecular complexity index is 657. The molecule has 0 radical (unpaired) electrons. The first-order valence-electron chi connectivity index (χ1n) is 8.67. The van der Waals surface area contributed by atoms with Crippen molar-refractivity contribution in [3.63, 3.8) is 0 Å². The molecule has 1 aliphatic carbocycles. The minimum Gasteiger partial charge on any atom is -0.372 e. The maximum atomic E-state index is 12.6. The Labute approximate surface area is 147 Å². The second kappa shape index (κ2) is 8.67. The predicted molar refractivity (Wildman–Crippen MR) is 95.5 cm³/mol. The summed E-state index contributed by atoms with van der Waals surface area (Å²) in [5.41, 5.74) is -1.11. The molecule has 1 aliphatic rings. The molecule has 134 valence electrons. The van der Waals surface area contributed by atoms with E-state index in [0.717, 1.165) is 6.42 Å². The van der Waals surface area contributed by atoms with Crippen molar-refractivity contribution >= 4 is 29.0 Å². The van der Waals surface area contributed by atoms with Crippen LogP contribution in [0.25, 0.3) is 0 Å². The van der Waals surface area contributed by atoms with Crippen molar-refractivity contribution in [3.05, 3.63) is 30.3 Å². The number of nitrogens with zero attached hydrogens (tertiary/aromatic N) is 1. The number of Topliss-reactive ketones (excluding diaryl/α,β-unsaturated/α-hetero) is 1. The van der Waals surface area contributed by atoms with Crippen LogP contribution in [0.2, 0.25) is 0 Å². The molecule has 0 aromatic heterocycles. The number of anilines is 1. The molecule has 0 aliphatic heterocycles. The van der Waals surface area contributed by atoms with E-state index in [4.69, 9.17) is 0 Å². The lowest BCUT2D eigenvalue weighted by atomic mass is 9.93. The Morgan fingerprint density at radius 3 is 2.40 bits per heavy atom. The SMILES string of the molecule is CCCCC(O)(C(=O)N=C1CCC(=O)CC1)C(=O)Nc1ccccc1. The third-order valence-electron chi connectivity index (χ3n) is 4.30. The third-order valence-corrected chi connectivity index (χ3v) is 4.30. The van der Waals surface area contributed by atoms with Crippen molar-refractivity contribution in [2.45, 2.75) is 57.5 Å². The van der Waals surface area contributed by atoms with Gasteiger partial charge in [-0.1, -0.05) is 31.5 Å². The number of carbonyl (C=O) groups is 3. The molecule has 1 unspecified atom stereocenters. The average Bonchev–Trinajstić information content (AvgIpc) is 2.62. The molecule has 0 saturated heterocycles. The summed E-state index contributed by atoms with van der Waals surface area (Å²) in [5, 5.41) is 13.4. The molecule has 2 amide bonds. The fraction of sp³-hybridized carbons (Fsp3) is 0.474. The first-order valence-corrected chi connectivity index (χ1v) is 8.67. The van der Waals surface area contributed by atoms with Crippen LogP contribution in [0.15, 0.2) is 35.3 Å². The van der Waals surface area contributed by atoms with Crippen molar-refractivity contribution in [1.29, 1.82) is 0 Å². The number of unbranched alkanes of at least 4 members (excludes halogenated alkanes) is 1. The smallest absolute Gasteiger partial charge is 0.287 e.